The van der Waals surface area contributed by atoms with Gasteiger partial charge in [0, 0.05) is 32.2 Å². The zero-order valence-electron chi connectivity index (χ0n) is 14.7. The summed E-state index contributed by atoms with van der Waals surface area (Å²) in [5.74, 6) is 0.187. The van der Waals surface area contributed by atoms with Crippen molar-refractivity contribution < 1.29 is 17.9 Å². The Hall–Kier alpha value is -1.44. The quantitative estimate of drug-likeness (QED) is 0.833. The number of benzene rings is 1. The van der Waals surface area contributed by atoms with Crippen LogP contribution in [-0.4, -0.2) is 45.0 Å². The molecular formula is C18H26N2O4S. The second-order valence-electron chi connectivity index (χ2n) is 6.78. The van der Waals surface area contributed by atoms with E-state index in [4.69, 9.17) is 4.74 Å². The largest absolute Gasteiger partial charge is 0.380 e. The number of carbonyl (C=O) groups excluding carboxylic acids is 1. The highest BCUT2D eigenvalue weighted by Gasteiger charge is 2.26. The number of nitrogens with zero attached hydrogens (tertiary/aromatic N) is 1. The van der Waals surface area contributed by atoms with E-state index in [0.29, 0.717) is 50.5 Å². The number of unbranched alkanes of at least 4 members (excludes halogenated alkanes) is 1. The first-order chi connectivity index (χ1) is 12.0. The third-order valence-electron chi connectivity index (χ3n) is 4.85. The molecule has 0 saturated carbocycles. The van der Waals surface area contributed by atoms with Crippen molar-refractivity contribution in [2.75, 3.05) is 19.8 Å². The van der Waals surface area contributed by atoms with Crippen molar-refractivity contribution in [3.8, 4) is 0 Å². The molecule has 6 nitrogen and oxygen atoms in total. The van der Waals surface area contributed by atoms with Gasteiger partial charge in [0.15, 0.2) is 0 Å². The van der Waals surface area contributed by atoms with Crippen LogP contribution in [0.25, 0.3) is 0 Å². The number of hydrogen-bond donors (Lipinski definition) is 1. The molecule has 7 heteroatoms. The van der Waals surface area contributed by atoms with E-state index in [1.54, 1.807) is 12.1 Å². The molecule has 0 bridgehead atoms. The van der Waals surface area contributed by atoms with E-state index >= 15 is 0 Å². The van der Waals surface area contributed by atoms with E-state index in [1.165, 1.54) is 0 Å². The molecule has 2 aliphatic rings. The van der Waals surface area contributed by atoms with Crippen LogP contribution < -0.4 is 4.72 Å². The normalized spacial score (nSPS) is 20.5. The van der Waals surface area contributed by atoms with Gasteiger partial charge in [-0.3, -0.25) is 4.79 Å². The minimum Gasteiger partial charge on any atom is -0.380 e. The second kappa shape index (κ2) is 7.85. The first kappa shape index (κ1) is 18.4. The Morgan fingerprint density at radius 1 is 1.36 bits per heavy atom. The number of ether oxygens (including phenoxy) is 1. The Labute approximate surface area is 149 Å². The molecule has 0 radical (unpaired) electrons. The lowest BCUT2D eigenvalue weighted by Gasteiger charge is -2.29. The Kier molecular flexibility index (Phi) is 5.76. The number of rotatable bonds is 6. The van der Waals surface area contributed by atoms with Crippen LogP contribution in [0, 0.1) is 0 Å². The Bertz CT molecular complexity index is 727. The van der Waals surface area contributed by atoms with Crippen LogP contribution in [0.5, 0.6) is 0 Å². The van der Waals surface area contributed by atoms with Crippen LogP contribution in [0.3, 0.4) is 0 Å². The summed E-state index contributed by atoms with van der Waals surface area (Å²) in [6.45, 7) is 4.33. The summed E-state index contributed by atoms with van der Waals surface area (Å²) < 4.78 is 33.0. The van der Waals surface area contributed by atoms with Crippen molar-refractivity contribution in [1.29, 1.82) is 0 Å². The third-order valence-corrected chi connectivity index (χ3v) is 6.37. The van der Waals surface area contributed by atoms with Crippen molar-refractivity contribution in [2.45, 2.75) is 56.5 Å². The number of amides is 1. The van der Waals surface area contributed by atoms with Gasteiger partial charge in [0.25, 0.3) is 0 Å². The van der Waals surface area contributed by atoms with Gasteiger partial charge in [-0.1, -0.05) is 19.4 Å². The fourth-order valence-electron chi connectivity index (χ4n) is 3.31. The monoisotopic (exact) mass is 366 g/mol. The Balaban J connectivity index is 1.70. The summed E-state index contributed by atoms with van der Waals surface area (Å²) in [6, 6.07) is 5.08. The summed E-state index contributed by atoms with van der Waals surface area (Å²) in [4.78, 5) is 14.4. The fraction of sp³-hybridized carbons (Fsp3) is 0.611. The van der Waals surface area contributed by atoms with Crippen LogP contribution in [0.1, 0.15) is 43.7 Å². The maximum Gasteiger partial charge on any atom is 0.240 e. The molecule has 1 N–H and O–H groups in total. The minimum atomic E-state index is -3.53. The molecule has 25 heavy (non-hydrogen) atoms. The average Bonchev–Trinajstić information content (AvgIpc) is 3.11. The molecule has 2 heterocycles. The molecule has 0 unspecified atom stereocenters. The van der Waals surface area contributed by atoms with Gasteiger partial charge < -0.3 is 9.64 Å². The standard InChI is InChI=1S/C18H26N2O4S/c1-2-3-4-18(21)20-9-7-14-11-17(6-5-15(14)12-20)25(22,23)19-16-8-10-24-13-16/h5-6,11,16,19H,2-4,7-10,12-13H2,1H3/t16-/m0/s1. The van der Waals surface area contributed by atoms with E-state index in [-0.39, 0.29) is 11.9 Å². The van der Waals surface area contributed by atoms with Crippen molar-refractivity contribution in [3.05, 3.63) is 29.3 Å². The molecule has 1 amide bonds. The molecule has 0 spiro atoms. The second-order valence-corrected chi connectivity index (χ2v) is 8.50. The zero-order valence-corrected chi connectivity index (χ0v) is 15.5. The number of hydrogen-bond acceptors (Lipinski definition) is 4. The maximum atomic E-state index is 12.5. The Morgan fingerprint density at radius 2 is 2.20 bits per heavy atom. The van der Waals surface area contributed by atoms with Gasteiger partial charge in [-0.15, -0.1) is 0 Å². The summed E-state index contributed by atoms with van der Waals surface area (Å²) in [6.07, 6.45) is 3.92. The van der Waals surface area contributed by atoms with Gasteiger partial charge in [0.1, 0.15) is 0 Å². The molecule has 1 aromatic carbocycles. The highest BCUT2D eigenvalue weighted by atomic mass is 32.2. The number of sulfonamides is 1. The average molecular weight is 366 g/mol. The predicted molar refractivity (Wildman–Crippen MR) is 94.6 cm³/mol. The summed E-state index contributed by atoms with van der Waals surface area (Å²) in [7, 11) is -3.53. The van der Waals surface area contributed by atoms with E-state index in [9.17, 15) is 13.2 Å². The summed E-state index contributed by atoms with van der Waals surface area (Å²) in [5, 5.41) is 0. The lowest BCUT2D eigenvalue weighted by Crippen LogP contribution is -2.37. The Morgan fingerprint density at radius 3 is 2.92 bits per heavy atom. The van der Waals surface area contributed by atoms with Gasteiger partial charge in [-0.25, -0.2) is 13.1 Å². The SMILES string of the molecule is CCCCC(=O)N1CCc2cc(S(=O)(=O)N[C@H]3CCOC3)ccc2C1. The van der Waals surface area contributed by atoms with Gasteiger partial charge >= 0.3 is 0 Å². The fourth-order valence-corrected chi connectivity index (χ4v) is 4.62. The van der Waals surface area contributed by atoms with Crippen molar-refractivity contribution >= 4 is 15.9 Å². The van der Waals surface area contributed by atoms with E-state index in [1.807, 2.05) is 11.0 Å². The topological polar surface area (TPSA) is 75.7 Å². The lowest BCUT2D eigenvalue weighted by molar-refractivity contribution is -0.132. The van der Waals surface area contributed by atoms with Crippen molar-refractivity contribution in [3.63, 3.8) is 0 Å². The molecule has 138 valence electrons. The first-order valence-corrected chi connectivity index (χ1v) is 10.5. The minimum absolute atomic E-state index is 0.146. The number of nitrogens with one attached hydrogen (secondary N) is 1. The lowest BCUT2D eigenvalue weighted by atomic mass is 9.99. The van der Waals surface area contributed by atoms with Crippen LogP contribution in [-0.2, 0) is 32.5 Å². The summed E-state index contributed by atoms with van der Waals surface area (Å²) in [5.41, 5.74) is 2.06. The molecular weight excluding hydrogens is 340 g/mol. The van der Waals surface area contributed by atoms with Gasteiger partial charge in [-0.2, -0.15) is 0 Å². The maximum absolute atomic E-state index is 12.5. The highest BCUT2D eigenvalue weighted by molar-refractivity contribution is 7.89. The van der Waals surface area contributed by atoms with Crippen LogP contribution >= 0.6 is 0 Å². The van der Waals surface area contributed by atoms with Gasteiger partial charge in [0.2, 0.25) is 15.9 Å². The third kappa shape index (κ3) is 4.40. The van der Waals surface area contributed by atoms with E-state index in [0.717, 1.165) is 24.0 Å². The zero-order chi connectivity index (χ0) is 17.9. The predicted octanol–water partition coefficient (Wildman–Crippen LogP) is 1.83. The molecule has 1 fully saturated rings. The van der Waals surface area contributed by atoms with E-state index < -0.39 is 10.0 Å². The van der Waals surface area contributed by atoms with Gasteiger partial charge in [-0.05, 0) is 42.5 Å². The molecule has 0 aliphatic carbocycles. The van der Waals surface area contributed by atoms with Gasteiger partial charge in [0.05, 0.1) is 11.5 Å². The highest BCUT2D eigenvalue weighted by Crippen LogP contribution is 2.23. The van der Waals surface area contributed by atoms with Crippen molar-refractivity contribution in [2.24, 2.45) is 0 Å². The smallest absolute Gasteiger partial charge is 0.240 e. The van der Waals surface area contributed by atoms with Crippen LogP contribution in [0.15, 0.2) is 23.1 Å². The molecule has 1 atom stereocenters. The molecule has 0 aromatic heterocycles. The number of carbonyl (C=O) groups is 1. The first-order valence-electron chi connectivity index (χ1n) is 8.99. The molecule has 1 aromatic rings. The molecule has 3 rings (SSSR count). The van der Waals surface area contributed by atoms with Crippen LogP contribution in [0.4, 0.5) is 0 Å². The molecule has 1 saturated heterocycles. The van der Waals surface area contributed by atoms with E-state index in [2.05, 4.69) is 11.6 Å². The number of fused-ring (bicyclic) bond motifs is 1. The van der Waals surface area contributed by atoms with Crippen LogP contribution in [0.2, 0.25) is 0 Å². The molecule has 2 aliphatic heterocycles. The summed E-state index contributed by atoms with van der Waals surface area (Å²) >= 11 is 0. The van der Waals surface area contributed by atoms with Crippen molar-refractivity contribution in [1.82, 2.24) is 9.62 Å².